The third-order valence-electron chi connectivity index (χ3n) is 5.15. The van der Waals surface area contributed by atoms with Gasteiger partial charge in [0.2, 0.25) is 0 Å². The van der Waals surface area contributed by atoms with Gasteiger partial charge in [-0.1, -0.05) is 19.9 Å². The highest BCUT2D eigenvalue weighted by Gasteiger charge is 2.52. The van der Waals surface area contributed by atoms with E-state index in [0.717, 1.165) is 18.4 Å². The Morgan fingerprint density at radius 1 is 1.17 bits per heavy atom. The highest BCUT2D eigenvalue weighted by molar-refractivity contribution is 5.34. The van der Waals surface area contributed by atoms with Gasteiger partial charge in [0.25, 0.3) is 0 Å². The van der Waals surface area contributed by atoms with E-state index < -0.39 is 42.7 Å². The Labute approximate surface area is 141 Å². The number of allylic oxidation sites excluding steroid dienone is 2. The van der Waals surface area contributed by atoms with Crippen molar-refractivity contribution in [2.24, 2.45) is 5.92 Å². The van der Waals surface area contributed by atoms with Crippen molar-refractivity contribution in [2.45, 2.75) is 69.2 Å². The summed E-state index contributed by atoms with van der Waals surface area (Å²) in [4.78, 5) is 0. The van der Waals surface area contributed by atoms with Crippen molar-refractivity contribution in [3.05, 3.63) is 23.5 Å². The molecule has 24 heavy (non-hydrogen) atoms. The van der Waals surface area contributed by atoms with Crippen LogP contribution in [0.5, 0.6) is 0 Å². The maximum atomic E-state index is 10.9. The number of hydrogen-bond acceptors (Lipinski definition) is 7. The van der Waals surface area contributed by atoms with E-state index in [1.54, 1.807) is 6.08 Å². The van der Waals surface area contributed by atoms with Crippen LogP contribution < -0.4 is 0 Å². The Morgan fingerprint density at radius 3 is 2.29 bits per heavy atom. The second kappa shape index (κ2) is 7.51. The van der Waals surface area contributed by atoms with Crippen LogP contribution in [-0.2, 0) is 4.74 Å². The van der Waals surface area contributed by atoms with Crippen LogP contribution in [-0.4, -0.2) is 73.4 Å². The third kappa shape index (κ3) is 3.37. The molecule has 1 heterocycles. The monoisotopic (exact) mass is 344 g/mol. The van der Waals surface area contributed by atoms with E-state index in [9.17, 15) is 30.6 Å². The highest BCUT2D eigenvalue weighted by Crippen LogP contribution is 2.38. The van der Waals surface area contributed by atoms with Crippen LogP contribution in [0.15, 0.2) is 23.5 Å². The summed E-state index contributed by atoms with van der Waals surface area (Å²) in [5.74, 6) is 0.186. The molecule has 2 unspecified atom stereocenters. The van der Waals surface area contributed by atoms with Crippen LogP contribution in [0.2, 0.25) is 0 Å². The number of aliphatic hydroxyl groups excluding tert-OH is 5. The molecule has 1 aliphatic carbocycles. The van der Waals surface area contributed by atoms with Gasteiger partial charge >= 0.3 is 0 Å². The van der Waals surface area contributed by atoms with E-state index in [1.165, 1.54) is 6.08 Å². The predicted octanol–water partition coefficient (Wildman–Crippen LogP) is -0.232. The number of hydrogen-bond donors (Lipinski definition) is 6. The van der Waals surface area contributed by atoms with Crippen molar-refractivity contribution in [1.82, 2.24) is 0 Å². The average Bonchev–Trinajstić information content (AvgIpc) is 2.56. The fourth-order valence-electron chi connectivity index (χ4n) is 3.57. The van der Waals surface area contributed by atoms with Crippen molar-refractivity contribution >= 4 is 0 Å². The highest BCUT2D eigenvalue weighted by atomic mass is 16.6. The van der Waals surface area contributed by atoms with Gasteiger partial charge in [0, 0.05) is 6.42 Å². The van der Waals surface area contributed by atoms with Gasteiger partial charge in [-0.15, -0.1) is 0 Å². The summed E-state index contributed by atoms with van der Waals surface area (Å²) in [6, 6.07) is 0. The van der Waals surface area contributed by atoms with Crippen molar-refractivity contribution in [3.8, 4) is 0 Å². The molecule has 7 heteroatoms. The first-order valence-corrected chi connectivity index (χ1v) is 8.43. The van der Waals surface area contributed by atoms with Crippen molar-refractivity contribution < 1.29 is 35.4 Å². The van der Waals surface area contributed by atoms with Crippen LogP contribution in [0.3, 0.4) is 0 Å². The molecule has 7 nitrogen and oxygen atoms in total. The molecule has 0 aromatic carbocycles. The molecule has 138 valence electrons. The van der Waals surface area contributed by atoms with Gasteiger partial charge in [-0.3, -0.25) is 0 Å². The van der Waals surface area contributed by atoms with Crippen molar-refractivity contribution in [2.75, 3.05) is 6.61 Å². The van der Waals surface area contributed by atoms with Crippen LogP contribution in [0.25, 0.3) is 0 Å². The second-order valence-corrected chi connectivity index (χ2v) is 6.67. The minimum absolute atomic E-state index is 0.0191. The van der Waals surface area contributed by atoms with Crippen LogP contribution >= 0.6 is 0 Å². The molecule has 1 fully saturated rings. The van der Waals surface area contributed by atoms with Crippen molar-refractivity contribution in [1.29, 1.82) is 0 Å². The molecule has 0 spiro atoms. The quantitative estimate of drug-likeness (QED) is 0.406. The average molecular weight is 344 g/mol. The van der Waals surface area contributed by atoms with E-state index in [-0.39, 0.29) is 18.1 Å². The SMILES string of the molecule is CCC(CC)C1=C(O)CC(O)(C2O[C@H](CO)[C@@H](O)[C@H](O)[C@H]2O)C=C1. The summed E-state index contributed by atoms with van der Waals surface area (Å²) in [6.07, 6.45) is -2.39. The minimum Gasteiger partial charge on any atom is -0.512 e. The molecule has 0 radical (unpaired) electrons. The summed E-state index contributed by atoms with van der Waals surface area (Å²) >= 11 is 0. The van der Waals surface area contributed by atoms with Gasteiger partial charge < -0.3 is 35.4 Å². The Bertz CT molecular complexity index is 497. The second-order valence-electron chi connectivity index (χ2n) is 6.67. The first-order chi connectivity index (χ1) is 11.3. The fraction of sp³-hybridized carbons (Fsp3) is 0.765. The largest absolute Gasteiger partial charge is 0.512 e. The Kier molecular flexibility index (Phi) is 6.06. The van der Waals surface area contributed by atoms with E-state index >= 15 is 0 Å². The van der Waals surface area contributed by atoms with E-state index in [2.05, 4.69) is 0 Å². The van der Waals surface area contributed by atoms with Gasteiger partial charge in [-0.05, 0) is 30.4 Å². The molecule has 2 aliphatic rings. The smallest absolute Gasteiger partial charge is 0.119 e. The standard InChI is InChI=1S/C17H28O7/c1-3-9(4-2)10-5-6-17(23,7-11(10)19)16-15(22)14(21)13(20)12(8-18)24-16/h5-6,9,12-16,18-23H,3-4,7-8H2,1-2H3/t12-,13-,14+,15-,16?,17?/m1/s1. The Balaban J connectivity index is 2.25. The van der Waals surface area contributed by atoms with E-state index in [1.807, 2.05) is 13.8 Å². The van der Waals surface area contributed by atoms with Crippen LogP contribution in [0, 0.1) is 5.92 Å². The first kappa shape index (κ1) is 19.4. The lowest BCUT2D eigenvalue weighted by atomic mass is 9.77. The Morgan fingerprint density at radius 2 is 1.79 bits per heavy atom. The summed E-state index contributed by atoms with van der Waals surface area (Å²) in [5.41, 5.74) is -0.998. The lowest BCUT2D eigenvalue weighted by molar-refractivity contribution is -0.262. The summed E-state index contributed by atoms with van der Waals surface area (Å²) < 4.78 is 5.42. The zero-order valence-corrected chi connectivity index (χ0v) is 14.0. The van der Waals surface area contributed by atoms with Gasteiger partial charge in [0.05, 0.1) is 12.4 Å². The lowest BCUT2D eigenvalue weighted by Crippen LogP contribution is -2.65. The zero-order chi connectivity index (χ0) is 18.1. The topological polar surface area (TPSA) is 131 Å². The summed E-state index contributed by atoms with van der Waals surface area (Å²) in [6.45, 7) is 3.46. The molecular weight excluding hydrogens is 316 g/mol. The first-order valence-electron chi connectivity index (χ1n) is 8.43. The molecule has 6 N–H and O–H groups in total. The third-order valence-corrected chi connectivity index (χ3v) is 5.15. The van der Waals surface area contributed by atoms with E-state index in [0.29, 0.717) is 0 Å². The molecule has 1 aliphatic heterocycles. The van der Waals surface area contributed by atoms with Gasteiger partial charge in [0.1, 0.15) is 36.1 Å². The molecule has 0 bridgehead atoms. The maximum Gasteiger partial charge on any atom is 0.119 e. The number of ether oxygens (including phenoxy) is 1. The molecule has 2 rings (SSSR count). The number of aliphatic hydroxyl groups is 6. The molecule has 0 aromatic rings. The zero-order valence-electron chi connectivity index (χ0n) is 14.0. The summed E-state index contributed by atoms with van der Waals surface area (Å²) in [5, 5.41) is 60.4. The molecule has 0 amide bonds. The summed E-state index contributed by atoms with van der Waals surface area (Å²) in [7, 11) is 0. The molecule has 6 atom stereocenters. The van der Waals surface area contributed by atoms with Gasteiger partial charge in [-0.2, -0.15) is 0 Å². The minimum atomic E-state index is -1.74. The van der Waals surface area contributed by atoms with Gasteiger partial charge in [-0.25, -0.2) is 0 Å². The predicted molar refractivity (Wildman–Crippen MR) is 86.2 cm³/mol. The fourth-order valence-corrected chi connectivity index (χ4v) is 3.57. The lowest BCUT2D eigenvalue weighted by Gasteiger charge is -2.46. The molecule has 0 aromatic heterocycles. The molecular formula is C17H28O7. The van der Waals surface area contributed by atoms with Crippen LogP contribution in [0.4, 0.5) is 0 Å². The van der Waals surface area contributed by atoms with Crippen LogP contribution in [0.1, 0.15) is 33.1 Å². The van der Waals surface area contributed by atoms with Gasteiger partial charge in [0.15, 0.2) is 0 Å². The maximum absolute atomic E-state index is 10.9. The molecule has 0 saturated carbocycles. The van der Waals surface area contributed by atoms with E-state index in [4.69, 9.17) is 4.74 Å². The van der Waals surface area contributed by atoms with Crippen molar-refractivity contribution in [3.63, 3.8) is 0 Å². The normalized spacial score (nSPS) is 40.4. The molecule has 1 saturated heterocycles. The Hall–Kier alpha value is -0.960. The number of rotatable bonds is 5.